The molecule has 6 nitrogen and oxygen atoms in total. The Kier molecular flexibility index (Phi) is 5.68. The van der Waals surface area contributed by atoms with Crippen LogP contribution in [0.15, 0.2) is 66.9 Å². The first kappa shape index (κ1) is 18.4. The van der Waals surface area contributed by atoms with E-state index in [-0.39, 0.29) is 11.6 Å². The number of carbonyl (C=O) groups excluding carboxylic acids is 2. The average molecular weight is 382 g/mol. The molecule has 0 aliphatic heterocycles. The van der Waals surface area contributed by atoms with Gasteiger partial charge in [-0.05, 0) is 48.5 Å². The van der Waals surface area contributed by atoms with Crippen molar-refractivity contribution >= 4 is 34.8 Å². The van der Waals surface area contributed by atoms with Gasteiger partial charge in [-0.1, -0.05) is 17.7 Å². The highest BCUT2D eigenvalue weighted by molar-refractivity contribution is 6.30. The zero-order chi connectivity index (χ0) is 19.2. The molecule has 0 aliphatic carbocycles. The maximum Gasteiger partial charge on any atom is 0.274 e. The van der Waals surface area contributed by atoms with E-state index in [1.165, 1.54) is 18.3 Å². The number of hydrogen-bond acceptors (Lipinski definition) is 4. The lowest BCUT2D eigenvalue weighted by Gasteiger charge is -2.08. The molecule has 0 bridgehead atoms. The van der Waals surface area contributed by atoms with Crippen molar-refractivity contribution in [3.63, 3.8) is 0 Å². The van der Waals surface area contributed by atoms with Gasteiger partial charge in [-0.3, -0.25) is 14.6 Å². The van der Waals surface area contributed by atoms with E-state index in [0.29, 0.717) is 27.7 Å². The van der Waals surface area contributed by atoms with Crippen LogP contribution in [0.3, 0.4) is 0 Å². The van der Waals surface area contributed by atoms with E-state index in [1.807, 2.05) is 0 Å². The second kappa shape index (κ2) is 8.33. The van der Waals surface area contributed by atoms with Crippen molar-refractivity contribution in [2.45, 2.75) is 0 Å². The van der Waals surface area contributed by atoms with Gasteiger partial charge in [0.15, 0.2) is 0 Å². The third-order valence-corrected chi connectivity index (χ3v) is 3.94. The van der Waals surface area contributed by atoms with Gasteiger partial charge in [0.1, 0.15) is 11.4 Å². The van der Waals surface area contributed by atoms with Crippen LogP contribution in [0.5, 0.6) is 5.75 Å². The number of nitrogens with zero attached hydrogens (tertiary/aromatic N) is 1. The molecular formula is C20H16ClN3O3. The van der Waals surface area contributed by atoms with Crippen molar-refractivity contribution in [3.8, 4) is 5.75 Å². The highest BCUT2D eigenvalue weighted by atomic mass is 35.5. The number of pyridine rings is 1. The molecule has 3 aromatic rings. The molecule has 27 heavy (non-hydrogen) atoms. The second-order valence-corrected chi connectivity index (χ2v) is 6.01. The molecule has 1 aromatic heterocycles. The Bertz CT molecular complexity index is 974. The van der Waals surface area contributed by atoms with Crippen molar-refractivity contribution in [1.82, 2.24) is 4.98 Å². The van der Waals surface area contributed by atoms with Crippen LogP contribution >= 0.6 is 11.6 Å². The van der Waals surface area contributed by atoms with Crippen molar-refractivity contribution in [3.05, 3.63) is 83.1 Å². The summed E-state index contributed by atoms with van der Waals surface area (Å²) in [6.07, 6.45) is 1.41. The third-order valence-electron chi connectivity index (χ3n) is 3.68. The summed E-state index contributed by atoms with van der Waals surface area (Å²) in [5.74, 6) is -0.156. The molecule has 0 aliphatic rings. The number of hydrogen-bond donors (Lipinski definition) is 2. The SMILES string of the molecule is COc1cccc(NC(=O)c2cc(C(=O)Nc3ccc(Cl)cc3)ccn2)c1. The molecule has 3 rings (SSSR count). The number of benzene rings is 2. The number of ether oxygens (including phenoxy) is 1. The molecule has 2 amide bonds. The van der Waals surface area contributed by atoms with Crippen LogP contribution in [0.1, 0.15) is 20.8 Å². The maximum atomic E-state index is 12.4. The molecule has 1 heterocycles. The lowest BCUT2D eigenvalue weighted by atomic mass is 10.2. The summed E-state index contributed by atoms with van der Waals surface area (Å²) in [7, 11) is 1.55. The number of rotatable bonds is 5. The summed E-state index contributed by atoms with van der Waals surface area (Å²) in [5, 5.41) is 6.05. The average Bonchev–Trinajstić information content (AvgIpc) is 2.70. The quantitative estimate of drug-likeness (QED) is 0.692. The lowest BCUT2D eigenvalue weighted by Crippen LogP contribution is -2.17. The number of carbonyl (C=O) groups is 2. The minimum absolute atomic E-state index is 0.126. The standard InChI is InChI=1S/C20H16ClN3O3/c1-27-17-4-2-3-16(12-17)24-20(26)18-11-13(9-10-22-18)19(25)23-15-7-5-14(21)6-8-15/h2-12H,1H3,(H,23,25)(H,24,26). The number of nitrogens with one attached hydrogen (secondary N) is 2. The molecule has 0 fully saturated rings. The van der Waals surface area contributed by atoms with Crippen molar-refractivity contribution in [1.29, 1.82) is 0 Å². The van der Waals surface area contributed by atoms with Gasteiger partial charge in [0.2, 0.25) is 0 Å². The number of anilines is 2. The van der Waals surface area contributed by atoms with E-state index in [4.69, 9.17) is 16.3 Å². The number of methoxy groups -OCH3 is 1. The summed E-state index contributed by atoms with van der Waals surface area (Å²) in [5.41, 5.74) is 1.61. The van der Waals surface area contributed by atoms with Crippen LogP contribution in [-0.4, -0.2) is 23.9 Å². The summed E-state index contributed by atoms with van der Waals surface area (Å²) >= 11 is 5.83. The van der Waals surface area contributed by atoms with Crippen LogP contribution in [0.4, 0.5) is 11.4 Å². The molecule has 7 heteroatoms. The lowest BCUT2D eigenvalue weighted by molar-refractivity contribution is 0.102. The molecular weight excluding hydrogens is 366 g/mol. The van der Waals surface area contributed by atoms with Gasteiger partial charge in [0.25, 0.3) is 11.8 Å². The fourth-order valence-corrected chi connectivity index (χ4v) is 2.45. The first-order chi connectivity index (χ1) is 13.0. The van der Waals surface area contributed by atoms with Crippen molar-refractivity contribution in [2.75, 3.05) is 17.7 Å². The van der Waals surface area contributed by atoms with Crippen molar-refractivity contribution in [2.24, 2.45) is 0 Å². The minimum Gasteiger partial charge on any atom is -0.497 e. The highest BCUT2D eigenvalue weighted by Crippen LogP contribution is 2.18. The summed E-state index contributed by atoms with van der Waals surface area (Å²) in [6.45, 7) is 0. The predicted octanol–water partition coefficient (Wildman–Crippen LogP) is 4.25. The van der Waals surface area contributed by atoms with Gasteiger partial charge in [-0.25, -0.2) is 0 Å². The van der Waals surface area contributed by atoms with Crippen LogP contribution in [-0.2, 0) is 0 Å². The Morgan fingerprint density at radius 3 is 2.41 bits per heavy atom. The molecule has 2 N–H and O–H groups in total. The summed E-state index contributed by atoms with van der Waals surface area (Å²) in [6, 6.07) is 16.7. The normalized spacial score (nSPS) is 10.1. The Morgan fingerprint density at radius 2 is 1.67 bits per heavy atom. The third kappa shape index (κ3) is 4.83. The molecule has 2 aromatic carbocycles. The van der Waals surface area contributed by atoms with Crippen LogP contribution in [0.2, 0.25) is 5.02 Å². The topological polar surface area (TPSA) is 80.3 Å². The van der Waals surface area contributed by atoms with E-state index < -0.39 is 5.91 Å². The van der Waals surface area contributed by atoms with Crippen LogP contribution in [0.25, 0.3) is 0 Å². The molecule has 136 valence electrons. The fraction of sp³-hybridized carbons (Fsp3) is 0.0500. The van der Waals surface area contributed by atoms with Crippen LogP contribution in [0, 0.1) is 0 Å². The Labute approximate surface area is 161 Å². The number of halogens is 1. The van der Waals surface area contributed by atoms with Gasteiger partial charge >= 0.3 is 0 Å². The summed E-state index contributed by atoms with van der Waals surface area (Å²) < 4.78 is 5.13. The number of amides is 2. The van der Waals surface area contributed by atoms with Gasteiger partial charge in [-0.15, -0.1) is 0 Å². The van der Waals surface area contributed by atoms with E-state index in [0.717, 1.165) is 0 Å². The van der Waals surface area contributed by atoms with Gasteiger partial charge in [0.05, 0.1) is 7.11 Å². The molecule has 0 atom stereocenters. The Morgan fingerprint density at radius 1 is 0.926 bits per heavy atom. The highest BCUT2D eigenvalue weighted by Gasteiger charge is 2.13. The summed E-state index contributed by atoms with van der Waals surface area (Å²) in [4.78, 5) is 28.9. The van der Waals surface area contributed by atoms with Gasteiger partial charge in [-0.2, -0.15) is 0 Å². The Balaban J connectivity index is 1.73. The van der Waals surface area contributed by atoms with Crippen molar-refractivity contribution < 1.29 is 14.3 Å². The first-order valence-corrected chi connectivity index (χ1v) is 8.41. The monoisotopic (exact) mass is 381 g/mol. The molecule has 0 spiro atoms. The fourth-order valence-electron chi connectivity index (χ4n) is 2.33. The molecule has 0 unspecified atom stereocenters. The first-order valence-electron chi connectivity index (χ1n) is 8.03. The van der Waals surface area contributed by atoms with E-state index in [2.05, 4.69) is 15.6 Å². The zero-order valence-electron chi connectivity index (χ0n) is 14.4. The van der Waals surface area contributed by atoms with E-state index in [1.54, 1.807) is 55.6 Å². The van der Waals surface area contributed by atoms with E-state index >= 15 is 0 Å². The zero-order valence-corrected chi connectivity index (χ0v) is 15.2. The predicted molar refractivity (Wildman–Crippen MR) is 105 cm³/mol. The van der Waals surface area contributed by atoms with Crippen LogP contribution < -0.4 is 15.4 Å². The molecule has 0 saturated carbocycles. The number of aromatic nitrogens is 1. The second-order valence-electron chi connectivity index (χ2n) is 5.58. The Hall–Kier alpha value is -3.38. The maximum absolute atomic E-state index is 12.4. The minimum atomic E-state index is -0.426. The smallest absolute Gasteiger partial charge is 0.274 e. The van der Waals surface area contributed by atoms with E-state index in [9.17, 15) is 9.59 Å². The largest absolute Gasteiger partial charge is 0.497 e. The molecule has 0 saturated heterocycles. The van der Waals surface area contributed by atoms with Gasteiger partial charge in [0, 0.05) is 34.2 Å². The molecule has 0 radical (unpaired) electrons. The van der Waals surface area contributed by atoms with Gasteiger partial charge < -0.3 is 15.4 Å².